The minimum atomic E-state index is -0.464. The second-order valence-corrected chi connectivity index (χ2v) is 6.76. The number of hydrazine groups is 1. The van der Waals surface area contributed by atoms with Gasteiger partial charge in [0.1, 0.15) is 11.5 Å². The lowest BCUT2D eigenvalue weighted by molar-refractivity contribution is -0.131. The Kier molecular flexibility index (Phi) is 7.44. The maximum absolute atomic E-state index is 12.0. The summed E-state index contributed by atoms with van der Waals surface area (Å²) in [6, 6.07) is 25.0. The van der Waals surface area contributed by atoms with Crippen LogP contribution in [-0.2, 0) is 16.0 Å². The van der Waals surface area contributed by atoms with E-state index in [1.807, 2.05) is 79.7 Å². The third-order valence-corrected chi connectivity index (χ3v) is 4.27. The van der Waals surface area contributed by atoms with E-state index in [0.29, 0.717) is 17.9 Å². The number of para-hydroxylation sites is 1. The highest BCUT2D eigenvalue weighted by atomic mass is 16.5. The molecule has 0 fully saturated rings. The fourth-order valence-electron chi connectivity index (χ4n) is 2.82. The molecule has 0 aliphatic carbocycles. The molecular weight excluding hydrogens is 380 g/mol. The fraction of sp³-hybridized carbons (Fsp3) is 0.167. The first-order valence-corrected chi connectivity index (χ1v) is 9.62. The molecule has 6 nitrogen and oxygen atoms in total. The van der Waals surface area contributed by atoms with Crippen LogP contribution >= 0.6 is 0 Å². The number of hydrogen-bond acceptors (Lipinski definition) is 4. The molecule has 30 heavy (non-hydrogen) atoms. The maximum Gasteiger partial charge on any atom is 0.276 e. The number of aryl methyl sites for hydroxylation is 1. The van der Waals surface area contributed by atoms with Crippen LogP contribution in [0.15, 0.2) is 78.9 Å². The molecule has 2 N–H and O–H groups in total. The van der Waals surface area contributed by atoms with Gasteiger partial charge in [-0.05, 0) is 41.8 Å². The third-order valence-electron chi connectivity index (χ3n) is 4.27. The highest BCUT2D eigenvalue weighted by Gasteiger charge is 2.09. The molecule has 0 aromatic heterocycles. The maximum atomic E-state index is 12.0. The van der Waals surface area contributed by atoms with Crippen molar-refractivity contribution >= 4 is 11.8 Å². The summed E-state index contributed by atoms with van der Waals surface area (Å²) < 4.78 is 11.0. The normalized spacial score (nSPS) is 10.2. The minimum Gasteiger partial charge on any atom is -0.484 e. The molecule has 6 heteroatoms. The first-order chi connectivity index (χ1) is 14.6. The number of hydrogen-bond donors (Lipinski definition) is 2. The molecule has 3 rings (SSSR count). The average molecular weight is 404 g/mol. The second-order valence-electron chi connectivity index (χ2n) is 6.76. The Bertz CT molecular complexity index is 989. The van der Waals surface area contributed by atoms with E-state index in [2.05, 4.69) is 10.9 Å². The fourth-order valence-corrected chi connectivity index (χ4v) is 2.82. The third kappa shape index (κ3) is 6.67. The van der Waals surface area contributed by atoms with Crippen molar-refractivity contribution in [3.8, 4) is 11.5 Å². The van der Waals surface area contributed by atoms with Gasteiger partial charge in [0.15, 0.2) is 13.2 Å². The summed E-state index contributed by atoms with van der Waals surface area (Å²) in [4.78, 5) is 23.9. The van der Waals surface area contributed by atoms with Crippen LogP contribution in [0.4, 0.5) is 0 Å². The number of rotatable bonds is 8. The van der Waals surface area contributed by atoms with Gasteiger partial charge < -0.3 is 9.47 Å². The zero-order valence-corrected chi connectivity index (χ0v) is 16.8. The van der Waals surface area contributed by atoms with Crippen molar-refractivity contribution in [2.24, 2.45) is 0 Å². The molecule has 3 aromatic carbocycles. The quantitative estimate of drug-likeness (QED) is 0.566. The van der Waals surface area contributed by atoms with Gasteiger partial charge in [0.05, 0.1) is 0 Å². The lowest BCUT2D eigenvalue weighted by Crippen LogP contribution is -2.45. The van der Waals surface area contributed by atoms with Gasteiger partial charge in [-0.3, -0.25) is 20.4 Å². The Balaban J connectivity index is 1.43. The first-order valence-electron chi connectivity index (χ1n) is 9.62. The van der Waals surface area contributed by atoms with Crippen molar-refractivity contribution in [2.75, 3.05) is 13.2 Å². The van der Waals surface area contributed by atoms with Gasteiger partial charge in [-0.2, -0.15) is 0 Å². The number of carbonyl (C=O) groups is 2. The van der Waals surface area contributed by atoms with E-state index in [0.717, 1.165) is 16.7 Å². The van der Waals surface area contributed by atoms with Crippen LogP contribution in [0.25, 0.3) is 0 Å². The molecule has 0 saturated heterocycles. The Morgan fingerprint density at radius 3 is 2.17 bits per heavy atom. The Hall–Kier alpha value is -3.80. The van der Waals surface area contributed by atoms with Crippen LogP contribution < -0.4 is 20.3 Å². The Morgan fingerprint density at radius 1 is 0.767 bits per heavy atom. The average Bonchev–Trinajstić information content (AvgIpc) is 2.76. The lowest BCUT2D eigenvalue weighted by atomic mass is 10.0. The summed E-state index contributed by atoms with van der Waals surface area (Å²) in [5.74, 6) is 0.295. The van der Waals surface area contributed by atoms with Crippen molar-refractivity contribution in [3.05, 3.63) is 95.6 Å². The van der Waals surface area contributed by atoms with E-state index >= 15 is 0 Å². The number of benzene rings is 3. The predicted octanol–water partition coefficient (Wildman–Crippen LogP) is 3.19. The SMILES string of the molecule is Cc1cccc(OCC(=O)NNC(=O)COc2ccccc2Cc2ccccc2)c1. The second kappa shape index (κ2) is 10.7. The number of ether oxygens (including phenoxy) is 2. The molecule has 154 valence electrons. The van der Waals surface area contributed by atoms with Crippen LogP contribution in [0.2, 0.25) is 0 Å². The molecule has 0 radical (unpaired) electrons. The number of carbonyl (C=O) groups excluding carboxylic acids is 2. The van der Waals surface area contributed by atoms with E-state index in [1.165, 1.54) is 0 Å². The van der Waals surface area contributed by atoms with Gasteiger partial charge in [-0.15, -0.1) is 0 Å². The summed E-state index contributed by atoms with van der Waals surface area (Å²) in [5, 5.41) is 0. The Morgan fingerprint density at radius 2 is 1.43 bits per heavy atom. The summed E-state index contributed by atoms with van der Waals surface area (Å²) in [6.07, 6.45) is 0.700. The number of amides is 2. The molecule has 0 saturated carbocycles. The van der Waals surface area contributed by atoms with Gasteiger partial charge in [0.2, 0.25) is 0 Å². The topological polar surface area (TPSA) is 76.7 Å². The summed E-state index contributed by atoms with van der Waals surface area (Å²) >= 11 is 0. The molecule has 0 spiro atoms. The smallest absolute Gasteiger partial charge is 0.276 e. The summed E-state index contributed by atoms with van der Waals surface area (Å²) in [6.45, 7) is 1.51. The molecule has 0 bridgehead atoms. The first kappa shape index (κ1) is 20.9. The monoisotopic (exact) mass is 404 g/mol. The van der Waals surface area contributed by atoms with Crippen LogP contribution in [0.1, 0.15) is 16.7 Å². The van der Waals surface area contributed by atoms with Crippen molar-refractivity contribution in [3.63, 3.8) is 0 Å². The van der Waals surface area contributed by atoms with Gasteiger partial charge in [0.25, 0.3) is 11.8 Å². The van der Waals surface area contributed by atoms with Gasteiger partial charge in [-0.1, -0.05) is 60.7 Å². The molecular formula is C24H24N2O4. The minimum absolute atomic E-state index is 0.204. The zero-order chi connectivity index (χ0) is 21.2. The molecule has 0 unspecified atom stereocenters. The van der Waals surface area contributed by atoms with Gasteiger partial charge in [0, 0.05) is 6.42 Å². The van der Waals surface area contributed by atoms with Crippen molar-refractivity contribution in [1.29, 1.82) is 0 Å². The van der Waals surface area contributed by atoms with Crippen molar-refractivity contribution < 1.29 is 19.1 Å². The van der Waals surface area contributed by atoms with Crippen molar-refractivity contribution in [1.82, 2.24) is 10.9 Å². The molecule has 2 amide bonds. The molecule has 0 aliphatic rings. The van der Waals surface area contributed by atoms with Crippen molar-refractivity contribution in [2.45, 2.75) is 13.3 Å². The van der Waals surface area contributed by atoms with Gasteiger partial charge in [-0.25, -0.2) is 0 Å². The van der Waals surface area contributed by atoms with Crippen LogP contribution in [0, 0.1) is 6.92 Å². The van der Waals surface area contributed by atoms with Gasteiger partial charge >= 0.3 is 0 Å². The van der Waals surface area contributed by atoms with E-state index < -0.39 is 11.8 Å². The zero-order valence-electron chi connectivity index (χ0n) is 16.8. The summed E-state index contributed by atoms with van der Waals surface area (Å²) in [5.41, 5.74) is 7.80. The lowest BCUT2D eigenvalue weighted by Gasteiger charge is -2.12. The van der Waals surface area contributed by atoms with E-state index in [9.17, 15) is 9.59 Å². The van der Waals surface area contributed by atoms with E-state index in [4.69, 9.17) is 9.47 Å². The van der Waals surface area contributed by atoms with E-state index in [1.54, 1.807) is 6.07 Å². The van der Waals surface area contributed by atoms with Crippen LogP contribution in [-0.4, -0.2) is 25.0 Å². The molecule has 0 aliphatic heterocycles. The van der Waals surface area contributed by atoms with Crippen LogP contribution in [0.5, 0.6) is 11.5 Å². The van der Waals surface area contributed by atoms with E-state index in [-0.39, 0.29) is 13.2 Å². The molecule has 0 heterocycles. The highest BCUT2D eigenvalue weighted by Crippen LogP contribution is 2.21. The summed E-state index contributed by atoms with van der Waals surface area (Å²) in [7, 11) is 0. The van der Waals surface area contributed by atoms with Crippen LogP contribution in [0.3, 0.4) is 0 Å². The number of nitrogens with one attached hydrogen (secondary N) is 2. The Labute approximate surface area is 175 Å². The molecule has 0 atom stereocenters. The highest BCUT2D eigenvalue weighted by molar-refractivity contribution is 5.83. The molecule has 3 aromatic rings. The standard InChI is InChI=1S/C24H24N2O4/c1-18-8-7-12-21(14-18)29-16-23(27)25-26-24(28)17-30-22-13-6-5-11-20(22)15-19-9-3-2-4-10-19/h2-14H,15-17H2,1H3,(H,25,27)(H,26,28). The predicted molar refractivity (Wildman–Crippen MR) is 114 cm³/mol. The largest absolute Gasteiger partial charge is 0.484 e.